The van der Waals surface area contributed by atoms with Gasteiger partial charge in [0.05, 0.1) is 5.25 Å². The van der Waals surface area contributed by atoms with E-state index in [1.54, 1.807) is 11.8 Å². The maximum absolute atomic E-state index is 11.5. The summed E-state index contributed by atoms with van der Waals surface area (Å²) in [5.74, 6) is 1.54. The van der Waals surface area contributed by atoms with E-state index in [1.165, 1.54) is 0 Å². The number of amides is 1. The third kappa shape index (κ3) is 3.36. The molecule has 1 saturated carbocycles. The SMILES string of the molecule is O=C(CC1CSCCN1)NS(=O)(=O)C1CC1. The predicted molar refractivity (Wildman–Crippen MR) is 63.8 cm³/mol. The van der Waals surface area contributed by atoms with E-state index in [1.807, 2.05) is 0 Å². The summed E-state index contributed by atoms with van der Waals surface area (Å²) in [6.07, 6.45) is 1.61. The first kappa shape index (κ1) is 12.2. The molecule has 0 aromatic heterocycles. The molecule has 1 heterocycles. The van der Waals surface area contributed by atoms with Crippen molar-refractivity contribution in [1.29, 1.82) is 0 Å². The minimum Gasteiger partial charge on any atom is -0.312 e. The summed E-state index contributed by atoms with van der Waals surface area (Å²) < 4.78 is 25.1. The minimum atomic E-state index is -3.37. The van der Waals surface area contributed by atoms with E-state index in [0.29, 0.717) is 12.8 Å². The number of nitrogens with one attached hydrogen (secondary N) is 2. The molecule has 1 unspecified atom stereocenters. The van der Waals surface area contributed by atoms with E-state index in [9.17, 15) is 13.2 Å². The quantitative estimate of drug-likeness (QED) is 0.728. The van der Waals surface area contributed by atoms with Crippen LogP contribution in [0.1, 0.15) is 19.3 Å². The fraction of sp³-hybridized carbons (Fsp3) is 0.889. The van der Waals surface area contributed by atoms with Crippen LogP contribution in [0.2, 0.25) is 0 Å². The van der Waals surface area contributed by atoms with Gasteiger partial charge in [-0.2, -0.15) is 11.8 Å². The molecule has 2 N–H and O–H groups in total. The van der Waals surface area contributed by atoms with Crippen molar-refractivity contribution in [3.05, 3.63) is 0 Å². The van der Waals surface area contributed by atoms with Gasteiger partial charge in [0.25, 0.3) is 0 Å². The van der Waals surface area contributed by atoms with Crippen LogP contribution in [-0.2, 0) is 14.8 Å². The van der Waals surface area contributed by atoms with Crippen molar-refractivity contribution in [1.82, 2.24) is 10.0 Å². The van der Waals surface area contributed by atoms with E-state index in [-0.39, 0.29) is 23.6 Å². The summed E-state index contributed by atoms with van der Waals surface area (Å²) in [6, 6.07) is 0.105. The molecule has 5 nitrogen and oxygen atoms in total. The molecule has 2 fully saturated rings. The lowest BCUT2D eigenvalue weighted by Gasteiger charge is -2.22. The monoisotopic (exact) mass is 264 g/mol. The fourth-order valence-corrected chi connectivity index (χ4v) is 3.91. The Morgan fingerprint density at radius 3 is 2.75 bits per heavy atom. The summed E-state index contributed by atoms with van der Waals surface area (Å²) >= 11 is 1.79. The Bertz CT molecular complexity index is 359. The lowest BCUT2D eigenvalue weighted by atomic mass is 10.2. The van der Waals surface area contributed by atoms with Crippen LogP contribution < -0.4 is 10.0 Å². The molecule has 0 bridgehead atoms. The van der Waals surface area contributed by atoms with Gasteiger partial charge in [0, 0.05) is 30.5 Å². The number of hydrogen-bond acceptors (Lipinski definition) is 5. The van der Waals surface area contributed by atoms with E-state index >= 15 is 0 Å². The van der Waals surface area contributed by atoms with Gasteiger partial charge in [0.2, 0.25) is 15.9 Å². The first-order valence-electron chi connectivity index (χ1n) is 5.43. The molecular weight excluding hydrogens is 248 g/mol. The van der Waals surface area contributed by atoms with Crippen molar-refractivity contribution in [3.63, 3.8) is 0 Å². The molecule has 92 valence electrons. The molecule has 1 saturated heterocycles. The molecule has 1 atom stereocenters. The van der Waals surface area contributed by atoms with Crippen molar-refractivity contribution < 1.29 is 13.2 Å². The van der Waals surface area contributed by atoms with E-state index in [2.05, 4.69) is 10.0 Å². The van der Waals surface area contributed by atoms with Crippen LogP contribution in [0.3, 0.4) is 0 Å². The Kier molecular flexibility index (Phi) is 3.76. The summed E-state index contributed by atoms with van der Waals surface area (Å²) in [7, 11) is -3.37. The lowest BCUT2D eigenvalue weighted by molar-refractivity contribution is -0.119. The Hall–Kier alpha value is -0.270. The summed E-state index contributed by atoms with van der Waals surface area (Å²) in [6.45, 7) is 0.887. The van der Waals surface area contributed by atoms with Crippen molar-refractivity contribution >= 4 is 27.7 Å². The van der Waals surface area contributed by atoms with Crippen LogP contribution in [0.25, 0.3) is 0 Å². The van der Waals surface area contributed by atoms with Gasteiger partial charge < -0.3 is 5.32 Å². The van der Waals surface area contributed by atoms with Crippen molar-refractivity contribution in [3.8, 4) is 0 Å². The zero-order valence-corrected chi connectivity index (χ0v) is 10.6. The molecule has 1 aliphatic carbocycles. The standard InChI is InChI=1S/C9H16N2O3S2/c12-9(5-7-6-15-4-3-10-7)11-16(13,14)8-1-2-8/h7-8,10H,1-6H2,(H,11,12). The zero-order chi connectivity index (χ0) is 11.6. The van der Waals surface area contributed by atoms with Crippen molar-refractivity contribution in [2.75, 3.05) is 18.1 Å². The smallest absolute Gasteiger partial charge is 0.237 e. The average Bonchev–Trinajstić information content (AvgIpc) is 3.01. The molecule has 0 spiro atoms. The van der Waals surface area contributed by atoms with Crippen LogP contribution >= 0.6 is 11.8 Å². The molecule has 1 aliphatic heterocycles. The topological polar surface area (TPSA) is 75.3 Å². The minimum absolute atomic E-state index is 0.105. The van der Waals surface area contributed by atoms with Crippen LogP contribution in [0.15, 0.2) is 0 Å². The number of rotatable bonds is 4. The van der Waals surface area contributed by atoms with Gasteiger partial charge >= 0.3 is 0 Å². The van der Waals surface area contributed by atoms with Crippen molar-refractivity contribution in [2.45, 2.75) is 30.6 Å². The predicted octanol–water partition coefficient (Wildman–Crippen LogP) is -0.310. The first-order chi connectivity index (χ1) is 7.58. The number of carbonyl (C=O) groups excluding carboxylic acids is 1. The second kappa shape index (κ2) is 4.93. The molecule has 1 amide bonds. The van der Waals surface area contributed by atoms with Gasteiger partial charge in [-0.1, -0.05) is 0 Å². The highest BCUT2D eigenvalue weighted by Crippen LogP contribution is 2.27. The van der Waals surface area contributed by atoms with Crippen LogP contribution in [0, 0.1) is 0 Å². The van der Waals surface area contributed by atoms with Gasteiger partial charge in [-0.05, 0) is 12.8 Å². The van der Waals surface area contributed by atoms with E-state index < -0.39 is 10.0 Å². The van der Waals surface area contributed by atoms with Crippen molar-refractivity contribution in [2.24, 2.45) is 0 Å². The highest BCUT2D eigenvalue weighted by molar-refractivity contribution is 7.99. The fourth-order valence-electron chi connectivity index (χ4n) is 1.64. The van der Waals surface area contributed by atoms with Gasteiger partial charge in [0.15, 0.2) is 0 Å². The highest BCUT2D eigenvalue weighted by Gasteiger charge is 2.37. The van der Waals surface area contributed by atoms with Gasteiger partial charge in [-0.15, -0.1) is 0 Å². The number of sulfonamides is 1. The van der Waals surface area contributed by atoms with Crippen LogP contribution in [-0.4, -0.2) is 43.7 Å². The Morgan fingerprint density at radius 1 is 1.44 bits per heavy atom. The second-order valence-electron chi connectivity index (χ2n) is 4.20. The molecule has 2 rings (SSSR count). The summed E-state index contributed by atoms with van der Waals surface area (Å²) in [5, 5.41) is 2.88. The third-order valence-corrected chi connectivity index (χ3v) is 5.64. The third-order valence-electron chi connectivity index (χ3n) is 2.65. The largest absolute Gasteiger partial charge is 0.312 e. The van der Waals surface area contributed by atoms with Crippen LogP contribution in [0.5, 0.6) is 0 Å². The number of hydrogen-bond donors (Lipinski definition) is 2. The van der Waals surface area contributed by atoms with E-state index in [4.69, 9.17) is 0 Å². The summed E-state index contributed by atoms with van der Waals surface area (Å²) in [5.41, 5.74) is 0. The maximum atomic E-state index is 11.5. The molecule has 2 aliphatic rings. The van der Waals surface area contributed by atoms with Gasteiger partial charge in [0.1, 0.15) is 0 Å². The van der Waals surface area contributed by atoms with Gasteiger partial charge in [-0.25, -0.2) is 8.42 Å². The van der Waals surface area contributed by atoms with E-state index in [0.717, 1.165) is 18.1 Å². The first-order valence-corrected chi connectivity index (χ1v) is 8.13. The maximum Gasteiger partial charge on any atom is 0.237 e. The summed E-state index contributed by atoms with van der Waals surface area (Å²) in [4.78, 5) is 11.5. The van der Waals surface area contributed by atoms with Crippen LogP contribution in [0.4, 0.5) is 0 Å². The normalized spacial score (nSPS) is 26.4. The Morgan fingerprint density at radius 2 is 2.19 bits per heavy atom. The van der Waals surface area contributed by atoms with Gasteiger partial charge in [-0.3, -0.25) is 9.52 Å². The molecule has 7 heteroatoms. The molecule has 16 heavy (non-hydrogen) atoms. The zero-order valence-electron chi connectivity index (χ0n) is 8.94. The number of thioether (sulfide) groups is 1. The number of carbonyl (C=O) groups is 1. The Labute approximate surface area is 99.8 Å². The Balaban J connectivity index is 1.79. The highest BCUT2D eigenvalue weighted by atomic mass is 32.2. The molecule has 0 aromatic carbocycles. The lowest BCUT2D eigenvalue weighted by Crippen LogP contribution is -2.43. The second-order valence-corrected chi connectivity index (χ2v) is 7.31. The molecular formula is C9H16N2O3S2. The average molecular weight is 264 g/mol. The molecule has 0 aromatic rings. The molecule has 0 radical (unpaired) electrons.